The van der Waals surface area contributed by atoms with Crippen molar-refractivity contribution in [3.8, 4) is 11.4 Å². The fraction of sp³-hybridized carbons (Fsp3) is 0.300. The number of imidazole rings is 2. The number of ether oxygens (including phenoxy) is 1. The van der Waals surface area contributed by atoms with E-state index in [1.807, 2.05) is 35.8 Å². The Morgan fingerprint density at radius 1 is 1.17 bits per heavy atom. The summed E-state index contributed by atoms with van der Waals surface area (Å²) in [6, 6.07) is 6.60. The van der Waals surface area contributed by atoms with Crippen LogP contribution in [0.25, 0.3) is 22.6 Å². The van der Waals surface area contributed by atoms with Crippen molar-refractivity contribution in [1.29, 1.82) is 0 Å². The molecule has 0 saturated heterocycles. The number of aryl methyl sites for hydroxylation is 2. The van der Waals surface area contributed by atoms with Gasteiger partial charge in [0.15, 0.2) is 16.9 Å². The largest absolute Gasteiger partial charge is 0.497 e. The average Bonchev–Trinajstić information content (AvgIpc) is 3.21. The lowest BCUT2D eigenvalue weighted by Gasteiger charge is -2.12. The van der Waals surface area contributed by atoms with Crippen molar-refractivity contribution in [2.45, 2.75) is 26.8 Å². The molecule has 0 aliphatic heterocycles. The van der Waals surface area contributed by atoms with Gasteiger partial charge in [0.25, 0.3) is 5.56 Å². The predicted octanol–water partition coefficient (Wildman–Crippen LogP) is 1.61. The molecule has 0 fully saturated rings. The first-order valence-corrected chi connectivity index (χ1v) is 9.12. The summed E-state index contributed by atoms with van der Waals surface area (Å²) in [5.74, 6) is 0.964. The molecule has 9 heteroatoms. The third-order valence-corrected chi connectivity index (χ3v) is 5.28. The number of carbonyl (C=O) groups is 1. The van der Waals surface area contributed by atoms with Crippen molar-refractivity contribution in [2.75, 3.05) is 7.11 Å². The van der Waals surface area contributed by atoms with Crippen molar-refractivity contribution < 1.29 is 9.53 Å². The summed E-state index contributed by atoms with van der Waals surface area (Å²) in [6.07, 6.45) is 1.80. The minimum atomic E-state index is -0.860. The van der Waals surface area contributed by atoms with Crippen molar-refractivity contribution in [3.05, 3.63) is 57.0 Å². The van der Waals surface area contributed by atoms with Gasteiger partial charge in [-0.3, -0.25) is 23.1 Å². The molecule has 1 unspecified atom stereocenters. The fourth-order valence-corrected chi connectivity index (χ4v) is 3.55. The molecule has 0 saturated carbocycles. The molecule has 0 amide bonds. The summed E-state index contributed by atoms with van der Waals surface area (Å²) in [7, 11) is 3.15. The number of aromatic nitrogens is 5. The van der Waals surface area contributed by atoms with E-state index in [1.54, 1.807) is 31.7 Å². The van der Waals surface area contributed by atoms with Crippen LogP contribution >= 0.6 is 0 Å². The number of methoxy groups -OCH3 is 1. The lowest BCUT2D eigenvalue weighted by atomic mass is 10.2. The van der Waals surface area contributed by atoms with E-state index in [9.17, 15) is 14.4 Å². The quantitative estimate of drug-likeness (QED) is 0.523. The highest BCUT2D eigenvalue weighted by molar-refractivity contribution is 5.81. The molecule has 4 aromatic rings. The number of nitrogens with zero attached hydrogens (tertiary/aromatic N) is 5. The second kappa shape index (κ2) is 6.47. The Hall–Kier alpha value is -3.62. The number of Topliss-reactive ketones (excluding diaryl/α,β-unsaturated/α-hetero) is 1. The zero-order valence-corrected chi connectivity index (χ0v) is 16.8. The zero-order valence-electron chi connectivity index (χ0n) is 16.8. The number of fused-ring (bicyclic) bond motifs is 3. The maximum Gasteiger partial charge on any atom is 0.333 e. The van der Waals surface area contributed by atoms with E-state index in [-0.39, 0.29) is 16.9 Å². The van der Waals surface area contributed by atoms with Gasteiger partial charge in [0.1, 0.15) is 5.75 Å². The number of carbonyl (C=O) groups excluding carboxylic acids is 1. The van der Waals surface area contributed by atoms with Crippen molar-refractivity contribution in [3.63, 3.8) is 0 Å². The molecular weight excluding hydrogens is 374 g/mol. The molecule has 0 aliphatic carbocycles. The normalized spacial score (nSPS) is 12.6. The summed E-state index contributed by atoms with van der Waals surface area (Å²) >= 11 is 0. The van der Waals surface area contributed by atoms with Crippen LogP contribution in [0, 0.1) is 6.92 Å². The van der Waals surface area contributed by atoms with Crippen LogP contribution in [-0.4, -0.2) is 36.0 Å². The molecule has 1 aromatic carbocycles. The molecule has 0 N–H and O–H groups in total. The second-order valence-corrected chi connectivity index (χ2v) is 7.06. The lowest BCUT2D eigenvalue weighted by molar-refractivity contribution is -0.119. The number of hydrogen-bond acceptors (Lipinski definition) is 5. The standard InChI is InChI=1S/C20H21N5O4/c1-11-10-23-16-17(22(4)20(28)25(18(16)27)12(2)13(3)26)21-19(23)24(11)14-6-8-15(29-5)9-7-14/h6-10,12H,1-5H3. The Morgan fingerprint density at radius 3 is 2.41 bits per heavy atom. The Morgan fingerprint density at radius 2 is 1.83 bits per heavy atom. The van der Waals surface area contributed by atoms with E-state index in [0.717, 1.165) is 21.7 Å². The van der Waals surface area contributed by atoms with Gasteiger partial charge >= 0.3 is 5.69 Å². The Bertz CT molecular complexity index is 1390. The predicted molar refractivity (Wildman–Crippen MR) is 108 cm³/mol. The lowest BCUT2D eigenvalue weighted by Crippen LogP contribution is -2.42. The van der Waals surface area contributed by atoms with Gasteiger partial charge < -0.3 is 4.74 Å². The zero-order chi connectivity index (χ0) is 21.0. The summed E-state index contributed by atoms with van der Waals surface area (Å²) in [6.45, 7) is 4.81. The van der Waals surface area contributed by atoms with E-state index >= 15 is 0 Å². The number of ketones is 1. The minimum absolute atomic E-state index is 0.255. The minimum Gasteiger partial charge on any atom is -0.497 e. The van der Waals surface area contributed by atoms with Gasteiger partial charge in [-0.2, -0.15) is 4.98 Å². The molecular formula is C20H21N5O4. The van der Waals surface area contributed by atoms with Crippen LogP contribution in [0.2, 0.25) is 0 Å². The van der Waals surface area contributed by atoms with Gasteiger partial charge in [-0.1, -0.05) is 0 Å². The maximum atomic E-state index is 13.2. The smallest absolute Gasteiger partial charge is 0.333 e. The molecule has 0 radical (unpaired) electrons. The molecule has 3 heterocycles. The first kappa shape index (κ1) is 18.7. The highest BCUT2D eigenvalue weighted by Crippen LogP contribution is 2.23. The summed E-state index contributed by atoms with van der Waals surface area (Å²) in [4.78, 5) is 42.3. The third-order valence-electron chi connectivity index (χ3n) is 5.28. The highest BCUT2D eigenvalue weighted by Gasteiger charge is 2.24. The average molecular weight is 395 g/mol. The Labute approximate surface area is 165 Å². The first-order valence-electron chi connectivity index (χ1n) is 9.12. The number of rotatable bonds is 4. The molecule has 9 nitrogen and oxygen atoms in total. The van der Waals surface area contributed by atoms with Crippen molar-refractivity contribution in [1.82, 2.24) is 23.1 Å². The van der Waals surface area contributed by atoms with Crippen molar-refractivity contribution >= 4 is 22.7 Å². The molecule has 3 aromatic heterocycles. The molecule has 150 valence electrons. The monoisotopic (exact) mass is 395 g/mol. The molecule has 0 spiro atoms. The summed E-state index contributed by atoms with van der Waals surface area (Å²) in [5, 5.41) is 0. The SMILES string of the molecule is COc1ccc(-n2c(C)cn3c4c(=O)n(C(C)C(C)=O)c(=O)n(C)c4nc23)cc1. The number of hydrogen-bond donors (Lipinski definition) is 0. The van der Waals surface area contributed by atoms with Crippen LogP contribution in [0.1, 0.15) is 25.6 Å². The molecule has 0 bridgehead atoms. The second-order valence-electron chi connectivity index (χ2n) is 7.06. The summed E-state index contributed by atoms with van der Waals surface area (Å²) < 4.78 is 11.1. The van der Waals surface area contributed by atoms with Gasteiger partial charge in [0.05, 0.1) is 13.2 Å². The van der Waals surface area contributed by atoms with E-state index in [4.69, 9.17) is 4.74 Å². The van der Waals surface area contributed by atoms with Crippen molar-refractivity contribution in [2.24, 2.45) is 7.05 Å². The van der Waals surface area contributed by atoms with Crippen LogP contribution in [0.4, 0.5) is 0 Å². The summed E-state index contributed by atoms with van der Waals surface area (Å²) in [5.41, 5.74) is 1.12. The van der Waals surface area contributed by atoms with Crippen LogP contribution in [0.15, 0.2) is 40.1 Å². The van der Waals surface area contributed by atoms with Gasteiger partial charge in [0, 0.05) is 24.6 Å². The molecule has 4 rings (SSSR count). The fourth-order valence-electron chi connectivity index (χ4n) is 3.55. The molecule has 29 heavy (non-hydrogen) atoms. The van der Waals surface area contributed by atoms with Gasteiger partial charge in [-0.05, 0) is 45.0 Å². The van der Waals surface area contributed by atoms with E-state index in [1.165, 1.54) is 11.5 Å². The third kappa shape index (κ3) is 2.61. The van der Waals surface area contributed by atoms with E-state index in [0.29, 0.717) is 5.78 Å². The number of benzene rings is 1. The van der Waals surface area contributed by atoms with Crippen LogP contribution < -0.4 is 16.0 Å². The molecule has 1 atom stereocenters. The Balaban J connectivity index is 2.09. The maximum absolute atomic E-state index is 13.2. The highest BCUT2D eigenvalue weighted by atomic mass is 16.5. The topological polar surface area (TPSA) is 92.5 Å². The van der Waals surface area contributed by atoms with Crippen LogP contribution in [-0.2, 0) is 11.8 Å². The van der Waals surface area contributed by atoms with Gasteiger partial charge in [0.2, 0.25) is 5.78 Å². The Kier molecular flexibility index (Phi) is 4.18. The van der Waals surface area contributed by atoms with E-state index in [2.05, 4.69) is 4.98 Å². The van der Waals surface area contributed by atoms with Gasteiger partial charge in [-0.15, -0.1) is 0 Å². The van der Waals surface area contributed by atoms with Crippen LogP contribution in [0.3, 0.4) is 0 Å². The molecule has 0 aliphatic rings. The van der Waals surface area contributed by atoms with Crippen LogP contribution in [0.5, 0.6) is 5.75 Å². The van der Waals surface area contributed by atoms with E-state index < -0.39 is 17.3 Å². The van der Waals surface area contributed by atoms with Gasteiger partial charge in [-0.25, -0.2) is 9.36 Å². The first-order chi connectivity index (χ1) is 13.8.